The normalized spacial score (nSPS) is 11.5. The molecule has 2 rings (SSSR count). The van der Waals surface area contributed by atoms with Crippen LogP contribution in [0.25, 0.3) is 0 Å². The van der Waals surface area contributed by atoms with Crippen molar-refractivity contribution in [2.45, 2.75) is 32.2 Å². The fourth-order valence-electron chi connectivity index (χ4n) is 2.85. The topological polar surface area (TPSA) is 74.3 Å². The lowest BCUT2D eigenvalue weighted by Gasteiger charge is -2.27. The number of nitrogens with zero attached hydrogens (tertiary/aromatic N) is 2. The maximum absolute atomic E-state index is 12.6. The van der Waals surface area contributed by atoms with Gasteiger partial charge in [-0.3, -0.25) is 9.78 Å². The van der Waals surface area contributed by atoms with E-state index in [1.165, 1.54) is 0 Å². The van der Waals surface area contributed by atoms with E-state index in [4.69, 9.17) is 0 Å². The van der Waals surface area contributed by atoms with Crippen LogP contribution in [0, 0.1) is 0 Å². The summed E-state index contributed by atoms with van der Waals surface area (Å²) < 4.78 is 0. The van der Waals surface area contributed by atoms with Gasteiger partial charge in [-0.1, -0.05) is 25.1 Å². The van der Waals surface area contributed by atoms with Crippen LogP contribution in [0.5, 0.6) is 0 Å². The Morgan fingerprint density at radius 2 is 2.04 bits per heavy atom. The van der Waals surface area contributed by atoms with Gasteiger partial charge in [0.15, 0.2) is 0 Å². The largest absolute Gasteiger partial charge is 0.359 e. The summed E-state index contributed by atoms with van der Waals surface area (Å²) in [5.41, 5.74) is 2.73. The predicted octanol–water partition coefficient (Wildman–Crippen LogP) is 3.38. The van der Waals surface area contributed by atoms with Crippen LogP contribution in [-0.4, -0.2) is 35.9 Å². The van der Waals surface area contributed by atoms with E-state index in [-0.39, 0.29) is 18.0 Å². The average Bonchev–Trinajstić information content (AvgIpc) is 2.67. The highest BCUT2D eigenvalue weighted by Crippen LogP contribution is 2.23. The van der Waals surface area contributed by atoms with Crippen molar-refractivity contribution < 1.29 is 9.59 Å². The summed E-state index contributed by atoms with van der Waals surface area (Å²) in [5.74, 6) is 0.00132. The van der Waals surface area contributed by atoms with Crippen molar-refractivity contribution in [1.82, 2.24) is 15.2 Å². The Labute approximate surface area is 154 Å². The SMILES string of the molecule is CC[C@H](c1cccnc1)N(C)C(=O)Nc1cccc(CCC(=O)NC)c1. The molecular formula is C20H26N4O2. The Hall–Kier alpha value is -2.89. The minimum absolute atomic E-state index is 0.00132. The smallest absolute Gasteiger partial charge is 0.322 e. The molecule has 138 valence electrons. The first-order chi connectivity index (χ1) is 12.5. The van der Waals surface area contributed by atoms with Crippen molar-refractivity contribution in [2.75, 3.05) is 19.4 Å². The van der Waals surface area contributed by atoms with Gasteiger partial charge in [-0.05, 0) is 42.2 Å². The summed E-state index contributed by atoms with van der Waals surface area (Å²) in [5, 5.41) is 5.55. The molecule has 0 saturated carbocycles. The summed E-state index contributed by atoms with van der Waals surface area (Å²) in [6, 6.07) is 11.2. The van der Waals surface area contributed by atoms with E-state index in [9.17, 15) is 9.59 Å². The van der Waals surface area contributed by atoms with Gasteiger partial charge in [-0.25, -0.2) is 4.79 Å². The minimum Gasteiger partial charge on any atom is -0.359 e. The first-order valence-corrected chi connectivity index (χ1v) is 8.78. The monoisotopic (exact) mass is 354 g/mol. The van der Waals surface area contributed by atoms with Crippen LogP contribution in [0.4, 0.5) is 10.5 Å². The van der Waals surface area contributed by atoms with Gasteiger partial charge in [-0.2, -0.15) is 0 Å². The Kier molecular flexibility index (Phi) is 7.14. The number of nitrogens with one attached hydrogen (secondary N) is 2. The standard InChI is InChI=1S/C20H26N4O2/c1-4-18(16-8-6-12-22-14-16)24(3)20(26)23-17-9-5-7-15(13-17)10-11-19(25)21-2/h5-9,12-14,18H,4,10-11H2,1-3H3,(H,21,25)(H,23,26)/t18-/m1/s1. The molecule has 0 spiro atoms. The molecule has 0 unspecified atom stereocenters. The zero-order valence-corrected chi connectivity index (χ0v) is 15.5. The highest BCUT2D eigenvalue weighted by atomic mass is 16.2. The predicted molar refractivity (Wildman–Crippen MR) is 103 cm³/mol. The maximum atomic E-state index is 12.6. The van der Waals surface area contributed by atoms with Crippen LogP contribution in [0.15, 0.2) is 48.8 Å². The molecule has 1 aromatic heterocycles. The molecule has 3 amide bonds. The molecular weight excluding hydrogens is 328 g/mol. The molecule has 0 aliphatic rings. The van der Waals surface area contributed by atoms with Gasteiger partial charge in [0, 0.05) is 38.6 Å². The van der Waals surface area contributed by atoms with Crippen LogP contribution in [0.3, 0.4) is 0 Å². The zero-order chi connectivity index (χ0) is 18.9. The number of rotatable bonds is 7. The molecule has 2 aromatic rings. The van der Waals surface area contributed by atoms with Crippen LogP contribution in [0.1, 0.15) is 36.9 Å². The lowest BCUT2D eigenvalue weighted by molar-refractivity contribution is -0.120. The molecule has 0 bridgehead atoms. The fourth-order valence-corrected chi connectivity index (χ4v) is 2.85. The maximum Gasteiger partial charge on any atom is 0.322 e. The number of aryl methyl sites for hydroxylation is 1. The van der Waals surface area contributed by atoms with Crippen LogP contribution >= 0.6 is 0 Å². The molecule has 1 atom stereocenters. The second kappa shape index (κ2) is 9.56. The summed E-state index contributed by atoms with van der Waals surface area (Å²) in [6.07, 6.45) is 5.36. The Morgan fingerprint density at radius 3 is 2.69 bits per heavy atom. The molecule has 2 N–H and O–H groups in total. The van der Waals surface area contributed by atoms with Gasteiger partial charge in [0.2, 0.25) is 5.91 Å². The number of pyridine rings is 1. The van der Waals surface area contributed by atoms with Crippen molar-refractivity contribution in [1.29, 1.82) is 0 Å². The first kappa shape index (κ1) is 19.4. The third-order valence-corrected chi connectivity index (χ3v) is 4.34. The second-order valence-corrected chi connectivity index (χ2v) is 6.13. The highest BCUT2D eigenvalue weighted by molar-refractivity contribution is 5.89. The first-order valence-electron chi connectivity index (χ1n) is 8.78. The van der Waals surface area contributed by atoms with E-state index in [0.717, 1.165) is 23.2 Å². The summed E-state index contributed by atoms with van der Waals surface area (Å²) in [7, 11) is 3.41. The van der Waals surface area contributed by atoms with Crippen molar-refractivity contribution in [3.8, 4) is 0 Å². The van der Waals surface area contributed by atoms with E-state index in [0.29, 0.717) is 12.8 Å². The fraction of sp³-hybridized carbons (Fsp3) is 0.350. The number of amides is 3. The number of aromatic nitrogens is 1. The number of hydrogen-bond donors (Lipinski definition) is 2. The van der Waals surface area contributed by atoms with Crippen molar-refractivity contribution in [2.24, 2.45) is 0 Å². The van der Waals surface area contributed by atoms with Gasteiger partial charge in [0.05, 0.1) is 6.04 Å². The Bertz CT molecular complexity index is 734. The molecule has 26 heavy (non-hydrogen) atoms. The van der Waals surface area contributed by atoms with Crippen molar-refractivity contribution in [3.63, 3.8) is 0 Å². The molecule has 6 nitrogen and oxygen atoms in total. The quantitative estimate of drug-likeness (QED) is 0.800. The Balaban J connectivity index is 2.03. The van der Waals surface area contributed by atoms with Gasteiger partial charge in [0.25, 0.3) is 0 Å². The van der Waals surface area contributed by atoms with Crippen LogP contribution in [0.2, 0.25) is 0 Å². The molecule has 0 aliphatic carbocycles. The average molecular weight is 354 g/mol. The summed E-state index contributed by atoms with van der Waals surface area (Å²) in [4.78, 5) is 29.9. The third kappa shape index (κ3) is 5.31. The van der Waals surface area contributed by atoms with E-state index >= 15 is 0 Å². The molecule has 6 heteroatoms. The third-order valence-electron chi connectivity index (χ3n) is 4.34. The number of hydrogen-bond acceptors (Lipinski definition) is 3. The number of urea groups is 1. The number of carbonyl (C=O) groups is 2. The highest BCUT2D eigenvalue weighted by Gasteiger charge is 2.20. The van der Waals surface area contributed by atoms with E-state index in [1.54, 1.807) is 31.4 Å². The Morgan fingerprint density at radius 1 is 1.23 bits per heavy atom. The van der Waals surface area contributed by atoms with E-state index < -0.39 is 0 Å². The molecule has 0 saturated heterocycles. The van der Waals surface area contributed by atoms with Crippen molar-refractivity contribution in [3.05, 3.63) is 59.9 Å². The summed E-state index contributed by atoms with van der Waals surface area (Å²) in [6.45, 7) is 2.04. The van der Waals surface area contributed by atoms with Crippen LogP contribution in [-0.2, 0) is 11.2 Å². The van der Waals surface area contributed by atoms with Gasteiger partial charge < -0.3 is 15.5 Å². The molecule has 0 fully saturated rings. The molecule has 1 heterocycles. The van der Waals surface area contributed by atoms with E-state index in [2.05, 4.69) is 15.6 Å². The lowest BCUT2D eigenvalue weighted by atomic mass is 10.1. The van der Waals surface area contributed by atoms with E-state index in [1.807, 2.05) is 43.3 Å². The number of benzene rings is 1. The molecule has 1 aromatic carbocycles. The molecule has 0 aliphatic heterocycles. The minimum atomic E-state index is -0.177. The number of anilines is 1. The lowest BCUT2D eigenvalue weighted by Crippen LogP contribution is -2.34. The van der Waals surface area contributed by atoms with Crippen molar-refractivity contribution >= 4 is 17.6 Å². The number of carbonyl (C=O) groups excluding carboxylic acids is 2. The second-order valence-electron chi connectivity index (χ2n) is 6.13. The zero-order valence-electron chi connectivity index (χ0n) is 15.5. The van der Waals surface area contributed by atoms with Crippen LogP contribution < -0.4 is 10.6 Å². The molecule has 0 radical (unpaired) electrons. The summed E-state index contributed by atoms with van der Waals surface area (Å²) >= 11 is 0. The van der Waals surface area contributed by atoms with Gasteiger partial charge >= 0.3 is 6.03 Å². The van der Waals surface area contributed by atoms with Gasteiger partial charge in [0.1, 0.15) is 0 Å². The van der Waals surface area contributed by atoms with Gasteiger partial charge in [-0.15, -0.1) is 0 Å².